The number of carbonyl (C=O) groups excluding carboxylic acids is 3. The number of alkyl halides is 3. The van der Waals surface area contributed by atoms with Gasteiger partial charge in [0, 0.05) is 73.0 Å². The predicted molar refractivity (Wildman–Crippen MR) is 195 cm³/mol. The number of hydrogen-bond donors (Lipinski definition) is 4. The Morgan fingerprint density at radius 1 is 0.902 bits per heavy atom. The van der Waals surface area contributed by atoms with Crippen LogP contribution >= 0.6 is 11.8 Å². The normalized spacial score (nSPS) is 14.7. The summed E-state index contributed by atoms with van der Waals surface area (Å²) in [5.41, 5.74) is 4.15. The van der Waals surface area contributed by atoms with Crippen LogP contribution in [0.15, 0.2) is 83.4 Å². The van der Waals surface area contributed by atoms with Gasteiger partial charge in [-0.1, -0.05) is 24.3 Å². The minimum atomic E-state index is -4.48. The van der Waals surface area contributed by atoms with Crippen molar-refractivity contribution < 1.29 is 32.7 Å². The fraction of sp³-hybridized carbons (Fsp3) is 0.368. The predicted octanol–water partition coefficient (Wildman–Crippen LogP) is 6.12. The van der Waals surface area contributed by atoms with Crippen LogP contribution in [0.1, 0.15) is 64.7 Å². The van der Waals surface area contributed by atoms with Crippen LogP contribution in [0, 0.1) is 0 Å². The minimum absolute atomic E-state index is 0.0597. The van der Waals surface area contributed by atoms with Crippen LogP contribution < -0.4 is 20.9 Å². The van der Waals surface area contributed by atoms with Crippen molar-refractivity contribution in [3.8, 4) is 0 Å². The first kappa shape index (κ1) is 37.6. The maximum absolute atomic E-state index is 13.6. The number of aliphatic hydroxyl groups excluding tert-OH is 1. The molecule has 2 heterocycles. The van der Waals surface area contributed by atoms with Gasteiger partial charge in [-0.15, -0.1) is 0 Å². The molecular formula is C38H42F3N5O4S. The van der Waals surface area contributed by atoms with E-state index in [0.29, 0.717) is 64.6 Å². The molecule has 9 nitrogen and oxygen atoms in total. The largest absolute Gasteiger partial charge is 0.416 e. The van der Waals surface area contributed by atoms with Crippen LogP contribution in [-0.2, 0) is 28.1 Å². The topological polar surface area (TPSA) is 123 Å². The zero-order valence-corrected chi connectivity index (χ0v) is 29.0. The third-order valence-electron chi connectivity index (χ3n) is 8.59. The van der Waals surface area contributed by atoms with Gasteiger partial charge in [0.1, 0.15) is 0 Å². The van der Waals surface area contributed by atoms with Gasteiger partial charge in [0.15, 0.2) is 0 Å². The Morgan fingerprint density at radius 3 is 2.47 bits per heavy atom. The van der Waals surface area contributed by atoms with E-state index in [1.807, 2.05) is 36.4 Å². The van der Waals surface area contributed by atoms with E-state index in [2.05, 4.69) is 20.9 Å². The summed E-state index contributed by atoms with van der Waals surface area (Å²) >= 11 is 1.58. The highest BCUT2D eigenvalue weighted by molar-refractivity contribution is 7.98. The standard InChI is InChI=1S/C38H42F3N5O4S/c39-38(40,41)30-9-5-6-26(21-30)24-44-36(49)29-12-14-42-34(22-29)32-23-31(46-16-2-1-3-17-46)10-11-33(32)45-37(50)28-8-4-7-27(20-28)25-51-19-13-35(48)43-15-18-47/h4-11,20-23,47H,1-3,12-19,24-25H2,(H,43,48)(H,44,49)(H,45,50). The van der Waals surface area contributed by atoms with Crippen LogP contribution in [0.25, 0.3) is 0 Å². The Bertz CT molecular complexity index is 1770. The summed E-state index contributed by atoms with van der Waals surface area (Å²) in [4.78, 5) is 45.6. The van der Waals surface area contributed by atoms with E-state index >= 15 is 0 Å². The summed E-state index contributed by atoms with van der Waals surface area (Å²) in [6.07, 6.45) is 1.24. The molecule has 270 valence electrons. The minimum Gasteiger partial charge on any atom is -0.395 e. The lowest BCUT2D eigenvalue weighted by molar-refractivity contribution is -0.137. The van der Waals surface area contributed by atoms with Crippen molar-refractivity contribution in [3.63, 3.8) is 0 Å². The number of nitrogens with zero attached hydrogens (tertiary/aromatic N) is 2. The van der Waals surface area contributed by atoms with Crippen molar-refractivity contribution in [2.24, 2.45) is 4.99 Å². The first-order valence-electron chi connectivity index (χ1n) is 17.0. The zero-order chi connectivity index (χ0) is 36.2. The monoisotopic (exact) mass is 721 g/mol. The SMILES string of the molecule is O=C(CCSCc1cccc(C(=O)Nc2ccc(N3CCCCC3)cc2C2=NCCC(C(=O)NCc3cccc(C(F)(F)F)c3)=C2)c1)NCCO. The molecule has 0 bridgehead atoms. The number of allylic oxidation sites excluding steroid dienone is 1. The van der Waals surface area contributed by atoms with E-state index < -0.39 is 17.6 Å². The molecule has 2 aliphatic rings. The number of aliphatic hydroxyl groups is 1. The highest BCUT2D eigenvalue weighted by Gasteiger charge is 2.30. The Kier molecular flexibility index (Phi) is 13.3. The van der Waals surface area contributed by atoms with Gasteiger partial charge < -0.3 is 26.0 Å². The van der Waals surface area contributed by atoms with Crippen molar-refractivity contribution in [2.45, 2.75) is 50.6 Å². The molecule has 0 radical (unpaired) electrons. The average Bonchev–Trinajstić information content (AvgIpc) is 3.15. The number of nitrogens with one attached hydrogen (secondary N) is 3. The Morgan fingerprint density at radius 2 is 1.69 bits per heavy atom. The van der Waals surface area contributed by atoms with Gasteiger partial charge in [0.05, 0.1) is 23.6 Å². The lowest BCUT2D eigenvalue weighted by Crippen LogP contribution is -2.30. The zero-order valence-electron chi connectivity index (χ0n) is 28.2. The first-order valence-corrected chi connectivity index (χ1v) is 18.2. The molecule has 0 aliphatic carbocycles. The highest BCUT2D eigenvalue weighted by Crippen LogP contribution is 2.31. The van der Waals surface area contributed by atoms with Crippen LogP contribution in [0.2, 0.25) is 0 Å². The lowest BCUT2D eigenvalue weighted by Gasteiger charge is -2.29. The fourth-order valence-electron chi connectivity index (χ4n) is 5.91. The summed E-state index contributed by atoms with van der Waals surface area (Å²) in [7, 11) is 0. The third kappa shape index (κ3) is 10.9. The van der Waals surface area contributed by atoms with E-state index in [4.69, 9.17) is 10.1 Å². The molecular weight excluding hydrogens is 680 g/mol. The maximum atomic E-state index is 13.6. The molecule has 4 N–H and O–H groups in total. The van der Waals surface area contributed by atoms with Crippen LogP contribution in [0.4, 0.5) is 24.5 Å². The Balaban J connectivity index is 1.31. The van der Waals surface area contributed by atoms with Crippen LogP contribution in [-0.4, -0.2) is 67.1 Å². The van der Waals surface area contributed by atoms with Gasteiger partial charge in [-0.05, 0) is 85.4 Å². The number of rotatable bonds is 14. The summed E-state index contributed by atoms with van der Waals surface area (Å²) in [6, 6.07) is 18.0. The molecule has 5 rings (SSSR count). The molecule has 13 heteroatoms. The second kappa shape index (κ2) is 18.0. The van der Waals surface area contributed by atoms with Crippen molar-refractivity contribution >= 4 is 46.6 Å². The van der Waals surface area contributed by atoms with E-state index in [0.717, 1.165) is 49.3 Å². The molecule has 0 unspecified atom stereocenters. The molecule has 3 amide bonds. The van der Waals surface area contributed by atoms with Crippen LogP contribution in [0.5, 0.6) is 0 Å². The van der Waals surface area contributed by atoms with Crippen molar-refractivity contribution in [1.82, 2.24) is 10.6 Å². The molecule has 51 heavy (non-hydrogen) atoms. The second-order valence-electron chi connectivity index (χ2n) is 12.4. The molecule has 0 saturated carbocycles. The summed E-state index contributed by atoms with van der Waals surface area (Å²) in [5.74, 6) is 0.396. The van der Waals surface area contributed by atoms with Crippen molar-refractivity contribution in [3.05, 3.63) is 106 Å². The smallest absolute Gasteiger partial charge is 0.395 e. The van der Waals surface area contributed by atoms with Gasteiger partial charge in [0.2, 0.25) is 11.8 Å². The first-order chi connectivity index (χ1) is 24.6. The number of carbonyl (C=O) groups is 3. The Labute approximate surface area is 299 Å². The third-order valence-corrected chi connectivity index (χ3v) is 9.62. The number of hydrogen-bond acceptors (Lipinski definition) is 7. The number of benzene rings is 3. The molecule has 1 saturated heterocycles. The van der Waals surface area contributed by atoms with Crippen molar-refractivity contribution in [1.29, 1.82) is 0 Å². The fourth-order valence-corrected chi connectivity index (χ4v) is 6.80. The molecule has 0 aromatic heterocycles. The number of aliphatic imine (C=N–C) groups is 1. The van der Waals surface area contributed by atoms with Gasteiger partial charge >= 0.3 is 6.18 Å². The van der Waals surface area contributed by atoms with E-state index in [1.54, 1.807) is 23.9 Å². The summed E-state index contributed by atoms with van der Waals surface area (Å²) < 4.78 is 39.6. The summed E-state index contributed by atoms with van der Waals surface area (Å²) in [5, 5.41) is 17.3. The molecule has 3 aromatic carbocycles. The average molecular weight is 722 g/mol. The van der Waals surface area contributed by atoms with Gasteiger partial charge in [0.25, 0.3) is 5.91 Å². The van der Waals surface area contributed by atoms with Gasteiger partial charge in [-0.3, -0.25) is 19.4 Å². The maximum Gasteiger partial charge on any atom is 0.416 e. The molecule has 1 fully saturated rings. The van der Waals surface area contributed by atoms with Gasteiger partial charge in [-0.2, -0.15) is 24.9 Å². The number of piperidine rings is 1. The van der Waals surface area contributed by atoms with E-state index in [-0.39, 0.29) is 31.5 Å². The van der Waals surface area contributed by atoms with E-state index in [1.165, 1.54) is 18.6 Å². The van der Waals surface area contributed by atoms with Crippen molar-refractivity contribution in [2.75, 3.05) is 48.8 Å². The number of halogens is 3. The highest BCUT2D eigenvalue weighted by atomic mass is 32.2. The molecule has 3 aromatic rings. The second-order valence-corrected chi connectivity index (χ2v) is 13.5. The molecule has 0 spiro atoms. The lowest BCUT2D eigenvalue weighted by atomic mass is 9.98. The Hall–Kier alpha value is -4.62. The van der Waals surface area contributed by atoms with Gasteiger partial charge in [-0.25, -0.2) is 0 Å². The number of thioether (sulfide) groups is 1. The number of dihydropyridines is 1. The quantitative estimate of drug-likeness (QED) is 0.149. The van der Waals surface area contributed by atoms with E-state index in [9.17, 15) is 27.6 Å². The summed E-state index contributed by atoms with van der Waals surface area (Å²) in [6.45, 7) is 2.23. The number of anilines is 2. The van der Waals surface area contributed by atoms with Crippen LogP contribution in [0.3, 0.4) is 0 Å². The molecule has 2 aliphatic heterocycles. The molecule has 0 atom stereocenters. The number of amides is 3.